The summed E-state index contributed by atoms with van der Waals surface area (Å²) in [5.41, 5.74) is -1.14. The average Bonchev–Trinajstić information content (AvgIpc) is 2.26. The Morgan fingerprint density at radius 1 is 1.25 bits per heavy atom. The van der Waals surface area contributed by atoms with Gasteiger partial charge in [-0.05, 0) is 38.1 Å². The molecule has 0 aliphatic carbocycles. The maximum Gasteiger partial charge on any atom is 0.129 e. The van der Waals surface area contributed by atoms with Crippen LogP contribution in [0, 0.1) is 11.6 Å². The van der Waals surface area contributed by atoms with Crippen molar-refractivity contribution in [2.75, 3.05) is 20.1 Å². The van der Waals surface area contributed by atoms with Gasteiger partial charge in [0.2, 0.25) is 0 Å². The number of piperidine rings is 1. The summed E-state index contributed by atoms with van der Waals surface area (Å²) in [6.45, 7) is 1.37. The molecule has 0 unspecified atom stereocenters. The lowest BCUT2D eigenvalue weighted by Crippen LogP contribution is -2.41. The number of nitrogens with zero attached hydrogens (tertiary/aromatic N) is 1. The fourth-order valence-corrected chi connectivity index (χ4v) is 2.11. The largest absolute Gasteiger partial charge is 0.385 e. The number of halogens is 2. The third-order valence-corrected chi connectivity index (χ3v) is 3.24. The van der Waals surface area contributed by atoms with Crippen molar-refractivity contribution in [1.82, 2.24) is 4.90 Å². The van der Waals surface area contributed by atoms with Crippen molar-refractivity contribution in [2.45, 2.75) is 18.4 Å². The number of hydrogen-bond acceptors (Lipinski definition) is 2. The second kappa shape index (κ2) is 4.11. The summed E-state index contributed by atoms with van der Waals surface area (Å²) in [4.78, 5) is 2.06. The first kappa shape index (κ1) is 11.5. The van der Waals surface area contributed by atoms with Gasteiger partial charge in [-0.1, -0.05) is 0 Å². The van der Waals surface area contributed by atoms with Crippen molar-refractivity contribution in [1.29, 1.82) is 0 Å². The molecule has 1 heterocycles. The summed E-state index contributed by atoms with van der Waals surface area (Å²) in [7, 11) is 1.95. The van der Waals surface area contributed by atoms with Gasteiger partial charge < -0.3 is 10.0 Å². The van der Waals surface area contributed by atoms with E-state index in [-0.39, 0.29) is 5.56 Å². The van der Waals surface area contributed by atoms with Gasteiger partial charge in [0.25, 0.3) is 0 Å². The van der Waals surface area contributed by atoms with Gasteiger partial charge >= 0.3 is 0 Å². The molecule has 0 aromatic heterocycles. The number of likely N-dealkylation sites (tertiary alicyclic amines) is 1. The summed E-state index contributed by atoms with van der Waals surface area (Å²) in [5.74, 6) is -1.04. The van der Waals surface area contributed by atoms with Crippen molar-refractivity contribution in [3.8, 4) is 0 Å². The molecule has 16 heavy (non-hydrogen) atoms. The Kier molecular flexibility index (Phi) is 2.95. The molecule has 0 amide bonds. The van der Waals surface area contributed by atoms with E-state index in [4.69, 9.17) is 0 Å². The Morgan fingerprint density at radius 3 is 2.50 bits per heavy atom. The zero-order valence-corrected chi connectivity index (χ0v) is 9.21. The summed E-state index contributed by atoms with van der Waals surface area (Å²) in [5, 5.41) is 10.3. The van der Waals surface area contributed by atoms with Crippen molar-refractivity contribution in [3.05, 3.63) is 35.4 Å². The molecule has 1 aromatic rings. The second-order valence-corrected chi connectivity index (χ2v) is 4.46. The number of hydrogen-bond donors (Lipinski definition) is 1. The lowest BCUT2D eigenvalue weighted by atomic mass is 9.84. The SMILES string of the molecule is CN1CCC(O)(c2cc(F)ccc2F)CC1. The highest BCUT2D eigenvalue weighted by Crippen LogP contribution is 2.34. The lowest BCUT2D eigenvalue weighted by Gasteiger charge is -2.37. The van der Waals surface area contributed by atoms with E-state index in [0.717, 1.165) is 18.2 Å². The molecular weight excluding hydrogens is 212 g/mol. The van der Waals surface area contributed by atoms with E-state index in [1.807, 2.05) is 7.05 Å². The molecule has 1 saturated heterocycles. The van der Waals surface area contributed by atoms with Crippen LogP contribution in [0.4, 0.5) is 8.78 Å². The van der Waals surface area contributed by atoms with E-state index < -0.39 is 17.2 Å². The highest BCUT2D eigenvalue weighted by atomic mass is 19.1. The Labute approximate surface area is 93.5 Å². The molecule has 1 fully saturated rings. The Balaban J connectivity index is 2.32. The van der Waals surface area contributed by atoms with Gasteiger partial charge in [0.1, 0.15) is 11.6 Å². The van der Waals surface area contributed by atoms with Gasteiger partial charge in [-0.3, -0.25) is 0 Å². The third kappa shape index (κ3) is 2.08. The minimum atomic E-state index is -1.22. The van der Waals surface area contributed by atoms with Gasteiger partial charge in [-0.25, -0.2) is 8.78 Å². The van der Waals surface area contributed by atoms with Crippen LogP contribution in [0.25, 0.3) is 0 Å². The van der Waals surface area contributed by atoms with Gasteiger partial charge in [-0.15, -0.1) is 0 Å². The van der Waals surface area contributed by atoms with Crippen LogP contribution in [0.1, 0.15) is 18.4 Å². The van der Waals surface area contributed by atoms with Crippen molar-refractivity contribution >= 4 is 0 Å². The molecule has 1 aliphatic rings. The van der Waals surface area contributed by atoms with Crippen LogP contribution in [-0.4, -0.2) is 30.1 Å². The molecule has 0 saturated carbocycles. The number of rotatable bonds is 1. The van der Waals surface area contributed by atoms with Crippen LogP contribution in [0.5, 0.6) is 0 Å². The predicted molar refractivity (Wildman–Crippen MR) is 57.0 cm³/mol. The molecule has 2 rings (SSSR count). The predicted octanol–water partition coefficient (Wildman–Crippen LogP) is 1.88. The van der Waals surface area contributed by atoms with Crippen LogP contribution in [0.15, 0.2) is 18.2 Å². The van der Waals surface area contributed by atoms with Crippen LogP contribution in [0.3, 0.4) is 0 Å². The van der Waals surface area contributed by atoms with Gasteiger partial charge in [0.05, 0.1) is 5.60 Å². The summed E-state index contributed by atoms with van der Waals surface area (Å²) >= 11 is 0. The quantitative estimate of drug-likeness (QED) is 0.791. The van der Waals surface area contributed by atoms with E-state index in [1.165, 1.54) is 0 Å². The smallest absolute Gasteiger partial charge is 0.129 e. The van der Waals surface area contributed by atoms with Crippen molar-refractivity contribution in [3.63, 3.8) is 0 Å². The van der Waals surface area contributed by atoms with Crippen LogP contribution < -0.4 is 0 Å². The molecule has 0 atom stereocenters. The third-order valence-electron chi connectivity index (χ3n) is 3.24. The van der Waals surface area contributed by atoms with E-state index in [0.29, 0.717) is 25.9 Å². The van der Waals surface area contributed by atoms with Crippen molar-refractivity contribution < 1.29 is 13.9 Å². The molecule has 0 radical (unpaired) electrons. The number of aliphatic hydroxyl groups is 1. The molecule has 0 bridgehead atoms. The van der Waals surface area contributed by atoms with E-state index in [1.54, 1.807) is 0 Å². The first-order valence-electron chi connectivity index (χ1n) is 5.38. The highest BCUT2D eigenvalue weighted by Gasteiger charge is 2.35. The zero-order valence-electron chi connectivity index (χ0n) is 9.21. The first-order valence-corrected chi connectivity index (χ1v) is 5.38. The maximum absolute atomic E-state index is 13.6. The van der Waals surface area contributed by atoms with E-state index >= 15 is 0 Å². The Hall–Kier alpha value is -1.00. The highest BCUT2D eigenvalue weighted by molar-refractivity contribution is 5.26. The molecule has 4 heteroatoms. The van der Waals surface area contributed by atoms with Gasteiger partial charge in [0, 0.05) is 18.7 Å². The van der Waals surface area contributed by atoms with E-state index in [9.17, 15) is 13.9 Å². The monoisotopic (exact) mass is 227 g/mol. The standard InChI is InChI=1S/C12H15F2NO/c1-15-6-4-12(16,5-7-15)10-8-9(13)2-3-11(10)14/h2-3,8,16H,4-7H2,1H3. The molecule has 1 aromatic carbocycles. The topological polar surface area (TPSA) is 23.5 Å². The molecule has 88 valence electrons. The normalized spacial score (nSPS) is 21.0. The minimum Gasteiger partial charge on any atom is -0.385 e. The van der Waals surface area contributed by atoms with Crippen LogP contribution in [0.2, 0.25) is 0 Å². The minimum absolute atomic E-state index is 0.0839. The maximum atomic E-state index is 13.6. The van der Waals surface area contributed by atoms with Gasteiger partial charge in [0.15, 0.2) is 0 Å². The van der Waals surface area contributed by atoms with E-state index in [2.05, 4.69) is 4.90 Å². The Bertz CT molecular complexity index is 387. The summed E-state index contributed by atoms with van der Waals surface area (Å²) in [6, 6.07) is 3.23. The molecular formula is C12H15F2NO. The van der Waals surface area contributed by atoms with Crippen molar-refractivity contribution in [2.24, 2.45) is 0 Å². The second-order valence-electron chi connectivity index (χ2n) is 4.46. The lowest BCUT2D eigenvalue weighted by molar-refractivity contribution is -0.0232. The summed E-state index contributed by atoms with van der Waals surface area (Å²) in [6.07, 6.45) is 0.869. The van der Waals surface area contributed by atoms with Crippen LogP contribution >= 0.6 is 0 Å². The molecule has 1 aliphatic heterocycles. The van der Waals surface area contributed by atoms with Gasteiger partial charge in [-0.2, -0.15) is 0 Å². The zero-order chi connectivity index (χ0) is 11.8. The average molecular weight is 227 g/mol. The molecule has 2 nitrogen and oxygen atoms in total. The fraction of sp³-hybridized carbons (Fsp3) is 0.500. The first-order chi connectivity index (χ1) is 7.51. The Morgan fingerprint density at radius 2 is 1.88 bits per heavy atom. The fourth-order valence-electron chi connectivity index (χ4n) is 2.11. The molecule has 1 N–H and O–H groups in total. The molecule has 0 spiro atoms. The summed E-state index contributed by atoms with van der Waals surface area (Å²) < 4.78 is 26.6. The number of benzene rings is 1. The van der Waals surface area contributed by atoms with Crippen LogP contribution in [-0.2, 0) is 5.60 Å².